The molecule has 1 fully saturated rings. The fourth-order valence-electron chi connectivity index (χ4n) is 2.31. The van der Waals surface area contributed by atoms with E-state index in [-0.39, 0.29) is 0 Å². The molecule has 1 heterocycles. The van der Waals surface area contributed by atoms with Crippen molar-refractivity contribution in [1.29, 1.82) is 0 Å². The van der Waals surface area contributed by atoms with E-state index in [4.69, 9.17) is 0 Å². The van der Waals surface area contributed by atoms with Crippen molar-refractivity contribution in [3.8, 4) is 0 Å². The second kappa shape index (κ2) is 2.76. The molecule has 0 saturated carbocycles. The molecule has 0 aromatic carbocycles. The molecule has 2 atom stereocenters. The van der Waals surface area contributed by atoms with Crippen molar-refractivity contribution in [1.82, 2.24) is 10.4 Å². The highest BCUT2D eigenvalue weighted by Gasteiger charge is 2.37. The van der Waals surface area contributed by atoms with Gasteiger partial charge in [-0.05, 0) is 11.3 Å². The molecular weight excluding hydrogens is 136 g/mol. The van der Waals surface area contributed by atoms with E-state index in [0.29, 0.717) is 11.5 Å². The summed E-state index contributed by atoms with van der Waals surface area (Å²) < 4.78 is 0. The van der Waals surface area contributed by atoms with Gasteiger partial charge in [0.15, 0.2) is 0 Å². The number of nitrogens with one attached hydrogen (secondary N) is 1. The van der Waals surface area contributed by atoms with Gasteiger partial charge < -0.3 is 0 Å². The lowest BCUT2D eigenvalue weighted by molar-refractivity contribution is 0.112. The first-order chi connectivity index (χ1) is 4.93. The highest BCUT2D eigenvalue weighted by Crippen LogP contribution is 2.31. The molecule has 0 spiro atoms. The fourth-order valence-corrected chi connectivity index (χ4v) is 2.31. The predicted octanol–water partition coefficient (Wildman–Crippen LogP) is 1.49. The molecule has 0 bridgehead atoms. The maximum atomic E-state index is 3.36. The van der Waals surface area contributed by atoms with Crippen LogP contribution in [0.4, 0.5) is 0 Å². The molecule has 1 saturated heterocycles. The Morgan fingerprint density at radius 1 is 1.36 bits per heavy atom. The van der Waals surface area contributed by atoms with Gasteiger partial charge in [-0.15, -0.1) is 0 Å². The average molecular weight is 156 g/mol. The average Bonchev–Trinajstić information content (AvgIpc) is 2.08. The fraction of sp³-hybridized carbons (Fsp3) is 1.00. The van der Waals surface area contributed by atoms with Crippen molar-refractivity contribution in [3.63, 3.8) is 0 Å². The van der Waals surface area contributed by atoms with Crippen LogP contribution in [0.5, 0.6) is 0 Å². The van der Waals surface area contributed by atoms with E-state index in [1.807, 2.05) is 0 Å². The normalized spacial score (nSPS) is 34.6. The SMILES string of the molecule is CC1CNN(C)C1C(C)(C)C. The summed E-state index contributed by atoms with van der Waals surface area (Å²) in [7, 11) is 2.14. The number of nitrogens with zero attached hydrogens (tertiary/aromatic N) is 1. The van der Waals surface area contributed by atoms with Gasteiger partial charge >= 0.3 is 0 Å². The van der Waals surface area contributed by atoms with Crippen LogP contribution in [0.3, 0.4) is 0 Å². The van der Waals surface area contributed by atoms with E-state index in [1.165, 1.54) is 0 Å². The van der Waals surface area contributed by atoms with Gasteiger partial charge in [-0.3, -0.25) is 5.43 Å². The molecule has 1 rings (SSSR count). The summed E-state index contributed by atoms with van der Waals surface area (Å²) in [4.78, 5) is 0. The predicted molar refractivity (Wildman–Crippen MR) is 48.2 cm³/mol. The number of rotatable bonds is 0. The van der Waals surface area contributed by atoms with Gasteiger partial charge in [-0.2, -0.15) is 0 Å². The van der Waals surface area contributed by atoms with E-state index < -0.39 is 0 Å². The van der Waals surface area contributed by atoms with E-state index in [2.05, 4.69) is 45.2 Å². The smallest absolute Gasteiger partial charge is 0.0327 e. The van der Waals surface area contributed by atoms with Gasteiger partial charge in [0, 0.05) is 19.6 Å². The molecule has 0 radical (unpaired) electrons. The molecule has 66 valence electrons. The molecule has 2 heteroatoms. The molecule has 0 aromatic heterocycles. The van der Waals surface area contributed by atoms with Crippen LogP contribution in [0.1, 0.15) is 27.7 Å². The third kappa shape index (κ3) is 1.74. The summed E-state index contributed by atoms with van der Waals surface area (Å²) in [5, 5.41) is 2.25. The van der Waals surface area contributed by atoms with Crippen LogP contribution in [0.15, 0.2) is 0 Å². The summed E-state index contributed by atoms with van der Waals surface area (Å²) in [6.07, 6.45) is 0. The molecule has 0 aliphatic carbocycles. The molecule has 2 unspecified atom stereocenters. The van der Waals surface area contributed by atoms with Gasteiger partial charge in [0.1, 0.15) is 0 Å². The van der Waals surface area contributed by atoms with Crippen LogP contribution < -0.4 is 5.43 Å². The van der Waals surface area contributed by atoms with E-state index in [9.17, 15) is 0 Å². The van der Waals surface area contributed by atoms with Crippen molar-refractivity contribution in [3.05, 3.63) is 0 Å². The van der Waals surface area contributed by atoms with Crippen LogP contribution in [0.2, 0.25) is 0 Å². The van der Waals surface area contributed by atoms with Crippen LogP contribution in [-0.4, -0.2) is 24.6 Å². The molecular formula is C9H20N2. The summed E-state index contributed by atoms with van der Waals surface area (Å²) >= 11 is 0. The third-order valence-corrected chi connectivity index (χ3v) is 2.51. The molecule has 1 N–H and O–H groups in total. The first kappa shape index (κ1) is 9.01. The van der Waals surface area contributed by atoms with Crippen molar-refractivity contribution in [2.75, 3.05) is 13.6 Å². The summed E-state index contributed by atoms with van der Waals surface area (Å²) in [5.41, 5.74) is 3.75. The van der Waals surface area contributed by atoms with E-state index >= 15 is 0 Å². The quantitative estimate of drug-likeness (QED) is 0.571. The van der Waals surface area contributed by atoms with Crippen molar-refractivity contribution >= 4 is 0 Å². The maximum absolute atomic E-state index is 3.36. The molecule has 0 aromatic rings. The Bertz CT molecular complexity index is 127. The van der Waals surface area contributed by atoms with E-state index in [1.54, 1.807) is 0 Å². The molecule has 0 amide bonds. The van der Waals surface area contributed by atoms with Crippen LogP contribution in [0, 0.1) is 11.3 Å². The number of hydrogen-bond donors (Lipinski definition) is 1. The zero-order valence-electron chi connectivity index (χ0n) is 8.31. The summed E-state index contributed by atoms with van der Waals surface area (Å²) in [5.74, 6) is 0.764. The minimum absolute atomic E-state index is 0.387. The van der Waals surface area contributed by atoms with Gasteiger partial charge in [-0.1, -0.05) is 27.7 Å². The van der Waals surface area contributed by atoms with Crippen molar-refractivity contribution in [2.45, 2.75) is 33.7 Å². The largest absolute Gasteiger partial charge is 0.255 e. The van der Waals surface area contributed by atoms with Crippen LogP contribution in [0.25, 0.3) is 0 Å². The van der Waals surface area contributed by atoms with Crippen molar-refractivity contribution in [2.24, 2.45) is 11.3 Å². The number of hydrazine groups is 1. The first-order valence-corrected chi connectivity index (χ1v) is 4.39. The molecule has 1 aliphatic rings. The lowest BCUT2D eigenvalue weighted by Crippen LogP contribution is -2.42. The summed E-state index contributed by atoms with van der Waals surface area (Å²) in [6.45, 7) is 10.3. The van der Waals surface area contributed by atoms with Gasteiger partial charge in [0.2, 0.25) is 0 Å². The van der Waals surface area contributed by atoms with Crippen LogP contribution in [-0.2, 0) is 0 Å². The van der Waals surface area contributed by atoms with E-state index in [0.717, 1.165) is 12.5 Å². The minimum atomic E-state index is 0.387. The lowest BCUT2D eigenvalue weighted by Gasteiger charge is -2.34. The van der Waals surface area contributed by atoms with Crippen LogP contribution >= 0.6 is 0 Å². The Labute approximate surface area is 69.9 Å². The Morgan fingerprint density at radius 3 is 2.09 bits per heavy atom. The summed E-state index contributed by atoms with van der Waals surface area (Å²) in [6, 6.07) is 0.669. The van der Waals surface area contributed by atoms with Gasteiger partial charge in [0.25, 0.3) is 0 Å². The topological polar surface area (TPSA) is 15.3 Å². The number of hydrogen-bond acceptors (Lipinski definition) is 2. The first-order valence-electron chi connectivity index (χ1n) is 4.39. The zero-order chi connectivity index (χ0) is 8.65. The standard InChI is InChI=1S/C9H20N2/c1-7-6-10-11(5)8(7)9(2,3)4/h7-8,10H,6H2,1-5H3. The van der Waals surface area contributed by atoms with Gasteiger partial charge in [0.05, 0.1) is 0 Å². The highest BCUT2D eigenvalue weighted by atomic mass is 15.5. The third-order valence-electron chi connectivity index (χ3n) is 2.51. The zero-order valence-corrected chi connectivity index (χ0v) is 8.31. The second-order valence-corrected chi connectivity index (χ2v) is 4.76. The Morgan fingerprint density at radius 2 is 1.91 bits per heavy atom. The maximum Gasteiger partial charge on any atom is 0.0327 e. The molecule has 11 heavy (non-hydrogen) atoms. The minimum Gasteiger partial charge on any atom is -0.255 e. The monoisotopic (exact) mass is 156 g/mol. The van der Waals surface area contributed by atoms with Crippen molar-refractivity contribution < 1.29 is 0 Å². The molecule has 2 nitrogen and oxygen atoms in total. The second-order valence-electron chi connectivity index (χ2n) is 4.76. The molecule has 1 aliphatic heterocycles. The Balaban J connectivity index is 2.69. The highest BCUT2D eigenvalue weighted by molar-refractivity contribution is 4.89. The Hall–Kier alpha value is -0.0800. The Kier molecular flexibility index (Phi) is 2.26. The van der Waals surface area contributed by atoms with Gasteiger partial charge in [-0.25, -0.2) is 5.01 Å². The lowest BCUT2D eigenvalue weighted by atomic mass is 9.80.